The molecule has 2 aromatic carbocycles. The zero-order valence-electron chi connectivity index (χ0n) is 15.0. The molecule has 0 saturated heterocycles. The number of oxazole rings is 1. The number of rotatable bonds is 4. The van der Waals surface area contributed by atoms with E-state index < -0.39 is 5.91 Å². The molecule has 8 heteroatoms. The molecule has 1 aliphatic rings. The quantitative estimate of drug-likeness (QED) is 0.721. The molecule has 28 heavy (non-hydrogen) atoms. The molecule has 3 aromatic rings. The molecule has 0 fully saturated rings. The van der Waals surface area contributed by atoms with Crippen molar-refractivity contribution in [3.63, 3.8) is 0 Å². The molecule has 1 aliphatic heterocycles. The van der Waals surface area contributed by atoms with Crippen LogP contribution in [0.4, 0.5) is 11.4 Å². The van der Waals surface area contributed by atoms with Crippen molar-refractivity contribution in [3.05, 3.63) is 54.6 Å². The predicted octanol–water partition coefficient (Wildman–Crippen LogP) is 3.32. The Bertz CT molecular complexity index is 1030. The minimum Gasteiger partial charge on any atom is -0.486 e. The van der Waals surface area contributed by atoms with E-state index in [-0.39, 0.29) is 11.6 Å². The lowest BCUT2D eigenvalue weighted by molar-refractivity contribution is -0.114. The Labute approximate surface area is 160 Å². The number of hydrogen-bond acceptors (Lipinski definition) is 6. The first-order valence-electron chi connectivity index (χ1n) is 8.63. The first-order chi connectivity index (χ1) is 13.6. The molecule has 2 heterocycles. The van der Waals surface area contributed by atoms with Gasteiger partial charge >= 0.3 is 0 Å². The van der Waals surface area contributed by atoms with Crippen LogP contribution in [0.15, 0.2) is 53.3 Å². The lowest BCUT2D eigenvalue weighted by atomic mass is 10.1. The van der Waals surface area contributed by atoms with E-state index in [1.807, 2.05) is 30.3 Å². The van der Waals surface area contributed by atoms with Gasteiger partial charge in [-0.3, -0.25) is 9.59 Å². The maximum Gasteiger partial charge on any atom is 0.278 e. The molecule has 2 N–H and O–H groups in total. The van der Waals surface area contributed by atoms with Gasteiger partial charge in [0, 0.05) is 24.6 Å². The smallest absolute Gasteiger partial charge is 0.278 e. The van der Waals surface area contributed by atoms with Gasteiger partial charge in [0.05, 0.1) is 11.4 Å². The van der Waals surface area contributed by atoms with Crippen LogP contribution in [-0.4, -0.2) is 30.0 Å². The summed E-state index contributed by atoms with van der Waals surface area (Å²) in [6.45, 7) is 2.20. The standard InChI is InChI=1S/C20H17N3O5/c1-12(24)22-14-9-16-17(27-8-7-26-16)10-15(14)23-20(25)18-19(28-11-21-18)13-5-3-2-4-6-13/h2-6,9-11H,7-8H2,1H3,(H,22,24)(H,23,25). The van der Waals surface area contributed by atoms with Crippen LogP contribution in [0.1, 0.15) is 17.4 Å². The summed E-state index contributed by atoms with van der Waals surface area (Å²) in [5.74, 6) is 0.588. The highest BCUT2D eigenvalue weighted by Crippen LogP contribution is 2.38. The highest BCUT2D eigenvalue weighted by atomic mass is 16.6. The monoisotopic (exact) mass is 379 g/mol. The zero-order chi connectivity index (χ0) is 19.5. The number of ether oxygens (including phenoxy) is 2. The van der Waals surface area contributed by atoms with Crippen molar-refractivity contribution in [1.82, 2.24) is 4.98 Å². The lowest BCUT2D eigenvalue weighted by Gasteiger charge is -2.21. The van der Waals surface area contributed by atoms with Gasteiger partial charge in [0.2, 0.25) is 5.91 Å². The first-order valence-corrected chi connectivity index (χ1v) is 8.63. The molecular formula is C20H17N3O5. The molecular weight excluding hydrogens is 362 g/mol. The predicted molar refractivity (Wildman–Crippen MR) is 102 cm³/mol. The highest BCUT2D eigenvalue weighted by molar-refractivity contribution is 6.09. The second-order valence-electron chi connectivity index (χ2n) is 6.07. The molecule has 0 unspecified atom stereocenters. The minimum absolute atomic E-state index is 0.134. The van der Waals surface area contributed by atoms with Crippen molar-refractivity contribution < 1.29 is 23.5 Å². The molecule has 1 aromatic heterocycles. The maximum atomic E-state index is 12.9. The van der Waals surface area contributed by atoms with Gasteiger partial charge in [-0.15, -0.1) is 0 Å². The number of carbonyl (C=O) groups is 2. The van der Waals surface area contributed by atoms with Crippen LogP contribution in [0.5, 0.6) is 11.5 Å². The summed E-state index contributed by atoms with van der Waals surface area (Å²) in [4.78, 5) is 28.5. The minimum atomic E-state index is -0.476. The SMILES string of the molecule is CC(=O)Nc1cc2c(cc1NC(=O)c1ncoc1-c1ccccc1)OCCO2. The van der Waals surface area contributed by atoms with Crippen molar-refractivity contribution in [2.45, 2.75) is 6.92 Å². The Morgan fingerprint density at radius 3 is 2.25 bits per heavy atom. The van der Waals surface area contributed by atoms with E-state index in [2.05, 4.69) is 15.6 Å². The average molecular weight is 379 g/mol. The Kier molecular flexibility index (Phi) is 4.67. The Morgan fingerprint density at radius 2 is 1.61 bits per heavy atom. The first kappa shape index (κ1) is 17.6. The van der Waals surface area contributed by atoms with Crippen molar-refractivity contribution in [2.75, 3.05) is 23.8 Å². The van der Waals surface area contributed by atoms with E-state index in [9.17, 15) is 9.59 Å². The third kappa shape index (κ3) is 3.52. The van der Waals surface area contributed by atoms with Crippen LogP contribution in [0.25, 0.3) is 11.3 Å². The molecule has 142 valence electrons. The van der Waals surface area contributed by atoms with Crippen molar-refractivity contribution in [2.24, 2.45) is 0 Å². The van der Waals surface area contributed by atoms with E-state index in [4.69, 9.17) is 13.9 Å². The number of fused-ring (bicyclic) bond motifs is 1. The van der Waals surface area contributed by atoms with Crippen LogP contribution in [0.2, 0.25) is 0 Å². The van der Waals surface area contributed by atoms with Gasteiger partial charge < -0.3 is 24.5 Å². The third-order valence-electron chi connectivity index (χ3n) is 4.06. The lowest BCUT2D eigenvalue weighted by Crippen LogP contribution is -2.19. The van der Waals surface area contributed by atoms with Crippen molar-refractivity contribution in [1.29, 1.82) is 0 Å². The molecule has 2 amide bonds. The van der Waals surface area contributed by atoms with E-state index in [1.54, 1.807) is 12.1 Å². The fourth-order valence-electron chi connectivity index (χ4n) is 2.87. The Hall–Kier alpha value is -3.81. The number of nitrogens with zero attached hydrogens (tertiary/aromatic N) is 1. The number of carbonyl (C=O) groups excluding carboxylic acids is 2. The highest BCUT2D eigenvalue weighted by Gasteiger charge is 2.22. The summed E-state index contributed by atoms with van der Waals surface area (Å²) in [6, 6.07) is 12.4. The number of nitrogens with one attached hydrogen (secondary N) is 2. The van der Waals surface area contributed by atoms with E-state index in [1.165, 1.54) is 13.3 Å². The van der Waals surface area contributed by atoms with Crippen LogP contribution in [0, 0.1) is 0 Å². The fourth-order valence-corrected chi connectivity index (χ4v) is 2.87. The van der Waals surface area contributed by atoms with Crippen molar-refractivity contribution >= 4 is 23.2 Å². The largest absolute Gasteiger partial charge is 0.486 e. The molecule has 8 nitrogen and oxygen atoms in total. The molecule has 0 atom stereocenters. The zero-order valence-corrected chi connectivity index (χ0v) is 15.0. The van der Waals surface area contributed by atoms with Gasteiger partial charge in [-0.2, -0.15) is 0 Å². The maximum absolute atomic E-state index is 12.9. The molecule has 4 rings (SSSR count). The molecule has 0 spiro atoms. The van der Waals surface area contributed by atoms with E-state index in [0.29, 0.717) is 41.8 Å². The molecule has 0 saturated carbocycles. The van der Waals surface area contributed by atoms with E-state index >= 15 is 0 Å². The third-order valence-corrected chi connectivity index (χ3v) is 4.06. The summed E-state index contributed by atoms with van der Waals surface area (Å²) < 4.78 is 16.5. The van der Waals surface area contributed by atoms with Crippen LogP contribution >= 0.6 is 0 Å². The van der Waals surface area contributed by atoms with Gasteiger partial charge in [0.15, 0.2) is 29.3 Å². The number of benzene rings is 2. The summed E-state index contributed by atoms with van der Waals surface area (Å²) in [5, 5.41) is 5.45. The van der Waals surface area contributed by atoms with Gasteiger partial charge in [-0.1, -0.05) is 30.3 Å². The average Bonchev–Trinajstić information content (AvgIpc) is 3.19. The van der Waals surface area contributed by atoms with Gasteiger partial charge in [0.25, 0.3) is 5.91 Å². The topological polar surface area (TPSA) is 103 Å². The molecule has 0 aliphatic carbocycles. The van der Waals surface area contributed by atoms with Crippen LogP contribution in [-0.2, 0) is 4.79 Å². The van der Waals surface area contributed by atoms with Gasteiger partial charge in [0.1, 0.15) is 13.2 Å². The number of aromatic nitrogens is 1. The Balaban J connectivity index is 1.67. The summed E-state index contributed by atoms with van der Waals surface area (Å²) in [7, 11) is 0. The van der Waals surface area contributed by atoms with Crippen LogP contribution < -0.4 is 20.1 Å². The second-order valence-corrected chi connectivity index (χ2v) is 6.07. The second kappa shape index (κ2) is 7.43. The molecule has 0 radical (unpaired) electrons. The van der Waals surface area contributed by atoms with Crippen molar-refractivity contribution in [3.8, 4) is 22.8 Å². The fraction of sp³-hybridized carbons (Fsp3) is 0.150. The number of amides is 2. The van der Waals surface area contributed by atoms with Gasteiger partial charge in [-0.05, 0) is 0 Å². The van der Waals surface area contributed by atoms with Crippen LogP contribution in [0.3, 0.4) is 0 Å². The van der Waals surface area contributed by atoms with E-state index in [0.717, 1.165) is 5.56 Å². The normalized spacial score (nSPS) is 12.3. The Morgan fingerprint density at radius 1 is 0.964 bits per heavy atom. The van der Waals surface area contributed by atoms with Gasteiger partial charge in [-0.25, -0.2) is 4.98 Å². The molecule has 0 bridgehead atoms. The summed E-state index contributed by atoms with van der Waals surface area (Å²) >= 11 is 0. The number of hydrogen-bond donors (Lipinski definition) is 2. The summed E-state index contributed by atoms with van der Waals surface area (Å²) in [5.41, 5.74) is 1.63. The summed E-state index contributed by atoms with van der Waals surface area (Å²) in [6.07, 6.45) is 1.22. The number of anilines is 2.